The normalized spacial score (nSPS) is 14.8. The molecular formula is C18H21FN4O7S. The average Bonchev–Trinajstić information content (AvgIpc) is 3.02. The van der Waals surface area contributed by atoms with E-state index >= 15 is 0 Å². The first-order valence-corrected chi connectivity index (χ1v) is 11.1. The molecule has 1 aliphatic rings. The molecule has 1 heterocycles. The van der Waals surface area contributed by atoms with Crippen LogP contribution in [0.5, 0.6) is 0 Å². The van der Waals surface area contributed by atoms with E-state index in [-0.39, 0.29) is 30.7 Å². The Morgan fingerprint density at radius 3 is 2.42 bits per heavy atom. The molecule has 31 heavy (non-hydrogen) atoms. The van der Waals surface area contributed by atoms with Gasteiger partial charge in [0, 0.05) is 24.3 Å². The molecule has 1 fully saturated rings. The van der Waals surface area contributed by atoms with Gasteiger partial charge in [0.25, 0.3) is 11.8 Å². The van der Waals surface area contributed by atoms with Crippen molar-refractivity contribution in [2.45, 2.75) is 49.5 Å². The maximum atomic E-state index is 13.1. The standard InChI is InChI=1S/C18H21FN4O7S/c19-13-5-7-15(8-6-13)31(27,28)12-14(4-2-1-3-11-21-22-20)29-18(26)30-23-16(24)9-10-17(23)25/h5-8,14H,1-4,9-12H2. The van der Waals surface area contributed by atoms with Gasteiger partial charge in [-0.15, -0.1) is 0 Å². The molecule has 1 unspecified atom stereocenters. The second-order valence-electron chi connectivity index (χ2n) is 6.70. The minimum absolute atomic E-state index is 0.0976. The number of carbonyl (C=O) groups is 3. The molecule has 0 aromatic heterocycles. The molecule has 1 aromatic rings. The summed E-state index contributed by atoms with van der Waals surface area (Å²) < 4.78 is 43.4. The Kier molecular flexibility index (Phi) is 8.76. The van der Waals surface area contributed by atoms with Crippen LogP contribution in [0.25, 0.3) is 10.4 Å². The smallest absolute Gasteiger partial charge is 0.428 e. The third-order valence-corrected chi connectivity index (χ3v) is 6.16. The lowest BCUT2D eigenvalue weighted by Gasteiger charge is -2.19. The molecule has 2 amide bonds. The molecule has 13 heteroatoms. The maximum Gasteiger partial charge on any atom is 0.534 e. The van der Waals surface area contributed by atoms with Gasteiger partial charge >= 0.3 is 6.16 Å². The Hall–Kier alpha value is -3.18. The average molecular weight is 456 g/mol. The molecule has 11 nitrogen and oxygen atoms in total. The monoisotopic (exact) mass is 456 g/mol. The van der Waals surface area contributed by atoms with Gasteiger partial charge in [0.05, 0.1) is 10.6 Å². The highest BCUT2D eigenvalue weighted by Gasteiger charge is 2.34. The lowest BCUT2D eigenvalue weighted by atomic mass is 10.1. The number of azide groups is 1. The molecule has 1 aliphatic heterocycles. The molecule has 0 aliphatic carbocycles. The number of carbonyl (C=O) groups excluding carboxylic acids is 3. The second kappa shape index (κ2) is 11.3. The third-order valence-electron chi connectivity index (χ3n) is 4.36. The van der Waals surface area contributed by atoms with Gasteiger partial charge in [0.2, 0.25) is 0 Å². The van der Waals surface area contributed by atoms with Crippen LogP contribution in [0.2, 0.25) is 0 Å². The van der Waals surface area contributed by atoms with Crippen molar-refractivity contribution in [3.8, 4) is 0 Å². The van der Waals surface area contributed by atoms with Gasteiger partial charge in [-0.3, -0.25) is 14.4 Å². The lowest BCUT2D eigenvalue weighted by Crippen LogP contribution is -2.35. The minimum Gasteiger partial charge on any atom is -0.428 e. The van der Waals surface area contributed by atoms with Crippen LogP contribution in [-0.4, -0.2) is 49.9 Å². The minimum atomic E-state index is -3.94. The quantitative estimate of drug-likeness (QED) is 0.0942. The van der Waals surface area contributed by atoms with Crippen molar-refractivity contribution in [3.05, 3.63) is 40.5 Å². The molecule has 1 saturated heterocycles. The number of hydrogen-bond acceptors (Lipinski definition) is 8. The topological polar surface area (TPSA) is 156 Å². The Labute approximate surface area is 177 Å². The van der Waals surface area contributed by atoms with Crippen molar-refractivity contribution in [1.82, 2.24) is 5.06 Å². The van der Waals surface area contributed by atoms with Crippen LogP contribution in [0.3, 0.4) is 0 Å². The lowest BCUT2D eigenvalue weighted by molar-refractivity contribution is -0.178. The predicted octanol–water partition coefficient (Wildman–Crippen LogP) is 3.06. The molecule has 0 bridgehead atoms. The molecule has 0 spiro atoms. The Bertz CT molecular complexity index is 946. The van der Waals surface area contributed by atoms with Crippen LogP contribution < -0.4 is 0 Å². The highest BCUT2D eigenvalue weighted by molar-refractivity contribution is 7.91. The zero-order valence-corrected chi connectivity index (χ0v) is 17.3. The van der Waals surface area contributed by atoms with Crippen molar-refractivity contribution < 1.29 is 36.8 Å². The van der Waals surface area contributed by atoms with Crippen LogP contribution in [0, 0.1) is 5.82 Å². The first-order chi connectivity index (χ1) is 14.7. The van der Waals surface area contributed by atoms with E-state index in [1.54, 1.807) is 0 Å². The summed E-state index contributed by atoms with van der Waals surface area (Å²) in [7, 11) is -3.94. The Balaban J connectivity index is 2.03. The zero-order chi connectivity index (χ0) is 22.9. The molecular weight excluding hydrogens is 435 g/mol. The summed E-state index contributed by atoms with van der Waals surface area (Å²) in [6.07, 6.45) is -1.00. The fourth-order valence-corrected chi connectivity index (χ4v) is 4.29. The summed E-state index contributed by atoms with van der Waals surface area (Å²) in [6.45, 7) is 0.275. The number of amides is 2. The van der Waals surface area contributed by atoms with Crippen molar-refractivity contribution >= 4 is 27.8 Å². The number of imide groups is 1. The van der Waals surface area contributed by atoms with Gasteiger partial charge in [-0.2, -0.15) is 0 Å². The van der Waals surface area contributed by atoms with E-state index in [4.69, 9.17) is 10.3 Å². The van der Waals surface area contributed by atoms with Crippen LogP contribution >= 0.6 is 0 Å². The number of sulfone groups is 1. The van der Waals surface area contributed by atoms with E-state index in [0.29, 0.717) is 24.3 Å². The summed E-state index contributed by atoms with van der Waals surface area (Å²) in [5.41, 5.74) is 8.26. The number of benzene rings is 1. The van der Waals surface area contributed by atoms with Gasteiger partial charge in [0.1, 0.15) is 11.9 Å². The van der Waals surface area contributed by atoms with Crippen LogP contribution in [0.4, 0.5) is 9.18 Å². The fourth-order valence-electron chi connectivity index (χ4n) is 2.83. The maximum absolute atomic E-state index is 13.1. The molecule has 1 aromatic carbocycles. The fraction of sp³-hybridized carbons (Fsp3) is 0.500. The number of hydrogen-bond donors (Lipinski definition) is 0. The van der Waals surface area contributed by atoms with Gasteiger partial charge in [-0.25, -0.2) is 17.6 Å². The second-order valence-corrected chi connectivity index (χ2v) is 8.74. The summed E-state index contributed by atoms with van der Waals surface area (Å²) in [4.78, 5) is 42.3. The first kappa shape index (κ1) is 24.1. The largest absolute Gasteiger partial charge is 0.534 e. The van der Waals surface area contributed by atoms with Gasteiger partial charge in [-0.1, -0.05) is 16.6 Å². The van der Waals surface area contributed by atoms with E-state index < -0.39 is 45.5 Å². The Morgan fingerprint density at radius 1 is 1.16 bits per heavy atom. The molecule has 0 N–H and O–H groups in total. The van der Waals surface area contributed by atoms with Crippen LogP contribution in [0.1, 0.15) is 38.5 Å². The number of unbranched alkanes of at least 4 members (excludes halogenated alkanes) is 2. The number of nitrogens with zero attached hydrogens (tertiary/aromatic N) is 4. The number of rotatable bonds is 11. The summed E-state index contributed by atoms with van der Waals surface area (Å²) in [5, 5.41) is 3.69. The van der Waals surface area contributed by atoms with Crippen LogP contribution in [-0.2, 0) is 29.0 Å². The van der Waals surface area contributed by atoms with Gasteiger partial charge in [-0.05, 0) is 49.1 Å². The molecule has 0 saturated carbocycles. The van der Waals surface area contributed by atoms with E-state index in [0.717, 1.165) is 24.3 Å². The van der Waals surface area contributed by atoms with Gasteiger partial charge < -0.3 is 4.74 Å². The van der Waals surface area contributed by atoms with E-state index in [1.807, 2.05) is 0 Å². The molecule has 168 valence electrons. The molecule has 0 radical (unpaired) electrons. The highest BCUT2D eigenvalue weighted by Crippen LogP contribution is 2.19. The number of ether oxygens (including phenoxy) is 1. The predicted molar refractivity (Wildman–Crippen MR) is 103 cm³/mol. The molecule has 2 rings (SSSR count). The summed E-state index contributed by atoms with van der Waals surface area (Å²) in [6, 6.07) is 4.19. The summed E-state index contributed by atoms with van der Waals surface area (Å²) in [5.74, 6) is -2.60. The third kappa shape index (κ3) is 7.54. The number of hydroxylamine groups is 2. The highest BCUT2D eigenvalue weighted by atomic mass is 32.2. The van der Waals surface area contributed by atoms with Crippen LogP contribution in [0.15, 0.2) is 34.3 Å². The molecule has 1 atom stereocenters. The number of halogens is 1. The summed E-state index contributed by atoms with van der Waals surface area (Å²) >= 11 is 0. The van der Waals surface area contributed by atoms with Crippen molar-refractivity contribution in [1.29, 1.82) is 0 Å². The van der Waals surface area contributed by atoms with E-state index in [1.165, 1.54) is 0 Å². The van der Waals surface area contributed by atoms with Crippen molar-refractivity contribution in [3.63, 3.8) is 0 Å². The van der Waals surface area contributed by atoms with Crippen molar-refractivity contribution in [2.24, 2.45) is 5.11 Å². The van der Waals surface area contributed by atoms with Gasteiger partial charge in [0.15, 0.2) is 9.84 Å². The first-order valence-electron chi connectivity index (χ1n) is 9.46. The SMILES string of the molecule is [N-]=[N+]=NCCCCCC(CS(=O)(=O)c1ccc(F)cc1)OC(=O)ON1C(=O)CCC1=O. The van der Waals surface area contributed by atoms with Crippen molar-refractivity contribution in [2.75, 3.05) is 12.3 Å². The zero-order valence-electron chi connectivity index (χ0n) is 16.5. The van der Waals surface area contributed by atoms with E-state index in [9.17, 15) is 27.2 Å². The Morgan fingerprint density at radius 2 is 1.81 bits per heavy atom. The van der Waals surface area contributed by atoms with E-state index in [2.05, 4.69) is 14.9 Å².